The first-order chi connectivity index (χ1) is 17.2. The van der Waals surface area contributed by atoms with Gasteiger partial charge in [0.15, 0.2) is 17.7 Å². The average molecular weight is 531 g/mol. The number of hydrogen-bond donors (Lipinski definition) is 5. The lowest BCUT2D eigenvalue weighted by atomic mass is 10.1. The fourth-order valence-corrected chi connectivity index (χ4v) is 4.44. The second kappa shape index (κ2) is 10.8. The molecule has 0 saturated carbocycles. The summed E-state index contributed by atoms with van der Waals surface area (Å²) in [5, 5.41) is 23.3. The summed E-state index contributed by atoms with van der Waals surface area (Å²) in [7, 11) is -4.56. The Morgan fingerprint density at radius 3 is 2.69 bits per heavy atom. The van der Waals surface area contributed by atoms with Crippen LogP contribution in [0.15, 0.2) is 12.7 Å². The number of hydrogen-bond acceptors (Lipinski definition) is 13. The van der Waals surface area contributed by atoms with E-state index in [0.29, 0.717) is 26.3 Å². The number of nitrogens with zero attached hydrogens (tertiary/aromatic N) is 5. The normalized spacial score (nSPS) is 24.7. The molecule has 6 N–H and O–H groups in total. The lowest BCUT2D eigenvalue weighted by Gasteiger charge is -2.26. The van der Waals surface area contributed by atoms with E-state index >= 15 is 0 Å². The van der Waals surface area contributed by atoms with Crippen molar-refractivity contribution in [2.24, 2.45) is 0 Å². The van der Waals surface area contributed by atoms with E-state index in [1.165, 1.54) is 22.1 Å². The van der Waals surface area contributed by atoms with E-state index in [1.54, 1.807) is 4.72 Å². The molecule has 0 unspecified atom stereocenters. The Labute approximate surface area is 204 Å². The molecule has 2 aromatic heterocycles. The van der Waals surface area contributed by atoms with Crippen molar-refractivity contribution >= 4 is 39.2 Å². The lowest BCUT2D eigenvalue weighted by Crippen LogP contribution is -2.47. The molecule has 4 rings (SSSR count). The van der Waals surface area contributed by atoms with E-state index in [2.05, 4.69) is 20.3 Å². The number of imidazole rings is 1. The van der Waals surface area contributed by atoms with Crippen LogP contribution in [0.1, 0.15) is 12.6 Å². The third kappa shape index (κ3) is 5.79. The Morgan fingerprint density at radius 1 is 1.19 bits per heavy atom. The number of fused-ring (bicyclic) bond motifs is 1. The number of ether oxygens (including phenoxy) is 2. The first-order valence-electron chi connectivity index (χ1n) is 10.9. The third-order valence-electron chi connectivity index (χ3n) is 5.55. The van der Waals surface area contributed by atoms with Gasteiger partial charge in [-0.3, -0.25) is 13.5 Å². The fourth-order valence-electron chi connectivity index (χ4n) is 3.69. The molecule has 18 heteroatoms. The summed E-state index contributed by atoms with van der Waals surface area (Å²) in [6, 6.07) is -0.384. The van der Waals surface area contributed by atoms with Crippen molar-refractivity contribution in [3.8, 4) is 0 Å². The molecule has 4 atom stereocenters. The largest absolute Gasteiger partial charge is 0.387 e. The maximum absolute atomic E-state index is 12.1. The van der Waals surface area contributed by atoms with Crippen LogP contribution >= 0.6 is 0 Å². The minimum Gasteiger partial charge on any atom is -0.387 e. The molecule has 2 aliphatic rings. The van der Waals surface area contributed by atoms with Gasteiger partial charge < -0.3 is 35.6 Å². The smallest absolute Gasteiger partial charge is 0.362 e. The van der Waals surface area contributed by atoms with Crippen LogP contribution in [-0.4, -0.2) is 113 Å². The minimum absolute atomic E-state index is 0.0944. The second-order valence-electron chi connectivity index (χ2n) is 7.97. The Kier molecular flexibility index (Phi) is 7.81. The highest BCUT2D eigenvalue weighted by Gasteiger charge is 2.45. The third-order valence-corrected chi connectivity index (χ3v) is 6.48. The number of aliphatic hydroxyl groups is 2. The van der Waals surface area contributed by atoms with Crippen LogP contribution in [-0.2, 0) is 28.8 Å². The highest BCUT2D eigenvalue weighted by molar-refractivity contribution is 7.85. The van der Waals surface area contributed by atoms with E-state index in [1.807, 2.05) is 0 Å². The number of nitrogens with two attached hydrogens (primary N) is 1. The standard InChI is InChI=1S/C18H26N8O9S/c19-15-12-16(22-8-21-15)26(9-23-12)17-14(29)13(28)10(35-17)7-34-36(31,32)24-11(27)1-2-20-18(30)25-3-5-33-6-4-25/h8-10,13-14,17,28-29H,1-7H2,(H,20,30)(H,24,27)(H2,19,21,22)/t10-,13-,14-,17-/m1/s1. The van der Waals surface area contributed by atoms with Gasteiger partial charge >= 0.3 is 16.3 Å². The summed E-state index contributed by atoms with van der Waals surface area (Å²) in [4.78, 5) is 37.4. The molecule has 0 bridgehead atoms. The highest BCUT2D eigenvalue weighted by Crippen LogP contribution is 2.32. The summed E-state index contributed by atoms with van der Waals surface area (Å²) in [5.74, 6) is -0.806. The lowest BCUT2D eigenvalue weighted by molar-refractivity contribution is -0.119. The number of carbonyl (C=O) groups excluding carboxylic acids is 2. The number of urea groups is 1. The number of nitrogen functional groups attached to an aromatic ring is 1. The molecule has 0 aliphatic carbocycles. The Morgan fingerprint density at radius 2 is 1.94 bits per heavy atom. The predicted octanol–water partition coefficient (Wildman–Crippen LogP) is -3.16. The van der Waals surface area contributed by atoms with Gasteiger partial charge in [-0.2, -0.15) is 8.42 Å². The first-order valence-corrected chi connectivity index (χ1v) is 12.3. The van der Waals surface area contributed by atoms with Crippen molar-refractivity contribution in [3.05, 3.63) is 12.7 Å². The number of carbonyl (C=O) groups is 2. The molecule has 2 fully saturated rings. The van der Waals surface area contributed by atoms with E-state index in [4.69, 9.17) is 19.4 Å². The Bertz CT molecular complexity index is 1200. The SMILES string of the molecule is Nc1ncnc2c1ncn2[C@@H]1O[C@H](COS(=O)(=O)NC(=O)CCNC(=O)N2CCOCC2)[C@@H](O)[C@H]1O. The van der Waals surface area contributed by atoms with Gasteiger partial charge in [-0.05, 0) is 0 Å². The summed E-state index contributed by atoms with van der Waals surface area (Å²) in [5.41, 5.74) is 6.24. The number of anilines is 1. The minimum atomic E-state index is -4.56. The number of nitrogens with one attached hydrogen (secondary N) is 2. The van der Waals surface area contributed by atoms with Crippen LogP contribution in [0.3, 0.4) is 0 Å². The zero-order chi connectivity index (χ0) is 25.9. The summed E-state index contributed by atoms with van der Waals surface area (Å²) in [6.07, 6.45) is -3.26. The number of rotatable bonds is 8. The number of aromatic nitrogens is 4. The second-order valence-corrected chi connectivity index (χ2v) is 9.32. The van der Waals surface area contributed by atoms with Crippen LogP contribution in [0.5, 0.6) is 0 Å². The van der Waals surface area contributed by atoms with E-state index in [-0.39, 0.29) is 36.0 Å². The van der Waals surface area contributed by atoms with Crippen LogP contribution in [0.4, 0.5) is 10.6 Å². The molecule has 4 heterocycles. The van der Waals surface area contributed by atoms with Crippen molar-refractivity contribution in [2.45, 2.75) is 31.0 Å². The van der Waals surface area contributed by atoms with Crippen LogP contribution < -0.4 is 15.8 Å². The van der Waals surface area contributed by atoms with Gasteiger partial charge in [0.1, 0.15) is 30.2 Å². The first kappa shape index (κ1) is 25.9. The van der Waals surface area contributed by atoms with Gasteiger partial charge in [0.05, 0.1) is 26.1 Å². The van der Waals surface area contributed by atoms with Gasteiger partial charge in [-0.1, -0.05) is 0 Å². The molecule has 2 saturated heterocycles. The molecule has 2 aliphatic heterocycles. The molecular weight excluding hydrogens is 504 g/mol. The fraction of sp³-hybridized carbons (Fsp3) is 0.611. The molecule has 0 aromatic carbocycles. The van der Waals surface area contributed by atoms with E-state index in [0.717, 1.165) is 0 Å². The van der Waals surface area contributed by atoms with Gasteiger partial charge in [0, 0.05) is 26.1 Å². The molecule has 2 aromatic rings. The van der Waals surface area contributed by atoms with Crippen molar-refractivity contribution in [3.63, 3.8) is 0 Å². The van der Waals surface area contributed by atoms with Crippen molar-refractivity contribution in [2.75, 3.05) is 45.2 Å². The molecule has 3 amide bonds. The van der Waals surface area contributed by atoms with Crippen LogP contribution in [0, 0.1) is 0 Å². The monoisotopic (exact) mass is 530 g/mol. The van der Waals surface area contributed by atoms with Crippen LogP contribution in [0.25, 0.3) is 11.2 Å². The molecule has 0 radical (unpaired) electrons. The van der Waals surface area contributed by atoms with E-state index in [9.17, 15) is 28.2 Å². The molecule has 0 spiro atoms. The van der Waals surface area contributed by atoms with Crippen molar-refractivity contribution < 1.29 is 41.9 Å². The predicted molar refractivity (Wildman–Crippen MR) is 119 cm³/mol. The maximum atomic E-state index is 12.1. The number of aliphatic hydroxyl groups excluding tert-OH is 2. The van der Waals surface area contributed by atoms with Crippen molar-refractivity contribution in [1.82, 2.24) is 34.5 Å². The summed E-state index contributed by atoms with van der Waals surface area (Å²) < 4.78 is 42.8. The average Bonchev–Trinajstić information content (AvgIpc) is 3.40. The quantitative estimate of drug-likeness (QED) is 0.227. The highest BCUT2D eigenvalue weighted by atomic mass is 32.2. The van der Waals surface area contributed by atoms with Gasteiger partial charge in [-0.15, -0.1) is 0 Å². The topological polar surface area (TPSA) is 233 Å². The summed E-state index contributed by atoms with van der Waals surface area (Å²) >= 11 is 0. The van der Waals surface area contributed by atoms with Crippen LogP contribution in [0.2, 0.25) is 0 Å². The van der Waals surface area contributed by atoms with E-state index < -0.39 is 47.4 Å². The summed E-state index contributed by atoms with van der Waals surface area (Å²) in [6.45, 7) is 0.885. The number of morpholine rings is 1. The molecule has 198 valence electrons. The zero-order valence-electron chi connectivity index (χ0n) is 18.9. The Hall–Kier alpha value is -3.16. The molecule has 17 nitrogen and oxygen atoms in total. The van der Waals surface area contributed by atoms with Gasteiger partial charge in [0.2, 0.25) is 5.91 Å². The molecular formula is C18H26N8O9S. The zero-order valence-corrected chi connectivity index (χ0v) is 19.7. The van der Waals surface area contributed by atoms with Gasteiger partial charge in [0.25, 0.3) is 0 Å². The van der Waals surface area contributed by atoms with Crippen molar-refractivity contribution in [1.29, 1.82) is 0 Å². The maximum Gasteiger partial charge on any atom is 0.362 e. The molecule has 36 heavy (non-hydrogen) atoms. The van der Waals surface area contributed by atoms with Gasteiger partial charge in [-0.25, -0.2) is 24.5 Å². The Balaban J connectivity index is 1.26. The number of amides is 3.